The van der Waals surface area contributed by atoms with Crippen molar-refractivity contribution in [1.29, 1.82) is 0 Å². The summed E-state index contributed by atoms with van der Waals surface area (Å²) in [5.41, 5.74) is 3.98. The molecule has 4 heteroatoms. The first-order valence-corrected chi connectivity index (χ1v) is 8.32. The van der Waals surface area contributed by atoms with Crippen LogP contribution in [0.15, 0.2) is 35.1 Å². The number of rotatable bonds is 4. The molecular weight excluding hydrogens is 331 g/mol. The van der Waals surface area contributed by atoms with Crippen LogP contribution >= 0.6 is 15.9 Å². The van der Waals surface area contributed by atoms with Gasteiger partial charge in [-0.05, 0) is 54.6 Å². The Kier molecular flexibility index (Phi) is 4.45. The van der Waals surface area contributed by atoms with Crippen LogP contribution in [0.2, 0.25) is 0 Å². The maximum atomic E-state index is 13.2. The van der Waals surface area contributed by atoms with Crippen molar-refractivity contribution in [2.24, 2.45) is 0 Å². The van der Waals surface area contributed by atoms with E-state index in [1.807, 2.05) is 6.07 Å². The first-order valence-electron chi connectivity index (χ1n) is 7.53. The van der Waals surface area contributed by atoms with E-state index in [-0.39, 0.29) is 5.82 Å². The SMILES string of the molecule is CCNC1CCCc2cn(Cc3ccc(F)cc3Br)cc21. The highest BCUT2D eigenvalue weighted by atomic mass is 79.9. The number of fused-ring (bicyclic) bond motifs is 1. The number of nitrogens with zero attached hydrogens (tertiary/aromatic N) is 1. The highest BCUT2D eigenvalue weighted by Crippen LogP contribution is 2.31. The molecule has 0 fully saturated rings. The van der Waals surface area contributed by atoms with Gasteiger partial charge in [-0.25, -0.2) is 4.39 Å². The van der Waals surface area contributed by atoms with E-state index in [0.29, 0.717) is 6.04 Å². The largest absolute Gasteiger partial charge is 0.349 e. The van der Waals surface area contributed by atoms with Crippen LogP contribution in [0.5, 0.6) is 0 Å². The van der Waals surface area contributed by atoms with Gasteiger partial charge in [-0.15, -0.1) is 0 Å². The molecule has 2 nitrogen and oxygen atoms in total. The Balaban J connectivity index is 1.84. The molecule has 0 aliphatic heterocycles. The van der Waals surface area contributed by atoms with Crippen LogP contribution in [0.3, 0.4) is 0 Å². The molecule has 0 saturated carbocycles. The van der Waals surface area contributed by atoms with Crippen LogP contribution in [0.4, 0.5) is 4.39 Å². The molecule has 0 radical (unpaired) electrons. The summed E-state index contributed by atoms with van der Waals surface area (Å²) in [6, 6.07) is 5.38. The van der Waals surface area contributed by atoms with Gasteiger partial charge in [0.2, 0.25) is 0 Å². The highest BCUT2D eigenvalue weighted by molar-refractivity contribution is 9.10. The second kappa shape index (κ2) is 6.32. The highest BCUT2D eigenvalue weighted by Gasteiger charge is 2.21. The summed E-state index contributed by atoms with van der Waals surface area (Å²) >= 11 is 3.45. The molecule has 0 bridgehead atoms. The second-order valence-electron chi connectivity index (χ2n) is 5.65. The zero-order chi connectivity index (χ0) is 14.8. The fraction of sp³-hybridized carbons (Fsp3) is 0.412. The molecule has 1 atom stereocenters. The average Bonchev–Trinajstić information content (AvgIpc) is 2.86. The lowest BCUT2D eigenvalue weighted by molar-refractivity contribution is 0.473. The van der Waals surface area contributed by atoms with Gasteiger partial charge in [0.05, 0.1) is 0 Å². The molecule has 1 aliphatic rings. The van der Waals surface area contributed by atoms with Crippen molar-refractivity contribution in [3.8, 4) is 0 Å². The van der Waals surface area contributed by atoms with E-state index in [1.54, 1.807) is 0 Å². The lowest BCUT2D eigenvalue weighted by Gasteiger charge is -2.22. The fourth-order valence-corrected chi connectivity index (χ4v) is 3.62. The third kappa shape index (κ3) is 3.22. The van der Waals surface area contributed by atoms with E-state index in [4.69, 9.17) is 0 Å². The summed E-state index contributed by atoms with van der Waals surface area (Å²) in [5, 5.41) is 3.56. The monoisotopic (exact) mass is 350 g/mol. The minimum absolute atomic E-state index is 0.204. The van der Waals surface area contributed by atoms with Crippen molar-refractivity contribution in [2.45, 2.75) is 38.8 Å². The third-order valence-corrected chi connectivity index (χ3v) is 4.87. The summed E-state index contributed by atoms with van der Waals surface area (Å²) in [4.78, 5) is 0. The van der Waals surface area contributed by atoms with Gasteiger partial charge < -0.3 is 9.88 Å². The quantitative estimate of drug-likeness (QED) is 0.863. The van der Waals surface area contributed by atoms with Crippen LogP contribution in [-0.2, 0) is 13.0 Å². The summed E-state index contributed by atoms with van der Waals surface area (Å²) < 4.78 is 16.2. The molecule has 1 heterocycles. The van der Waals surface area contributed by atoms with E-state index in [0.717, 1.165) is 29.5 Å². The third-order valence-electron chi connectivity index (χ3n) is 4.13. The van der Waals surface area contributed by atoms with Gasteiger partial charge in [0.15, 0.2) is 0 Å². The van der Waals surface area contributed by atoms with Crippen molar-refractivity contribution >= 4 is 15.9 Å². The van der Waals surface area contributed by atoms with Crippen LogP contribution in [0.1, 0.15) is 42.5 Å². The Hall–Kier alpha value is -1.13. The Morgan fingerprint density at radius 2 is 2.24 bits per heavy atom. The maximum absolute atomic E-state index is 13.2. The first-order chi connectivity index (χ1) is 10.2. The normalized spacial score (nSPS) is 17.8. The molecular formula is C17H20BrFN2. The first kappa shape index (κ1) is 14.8. The molecule has 1 unspecified atom stereocenters. The predicted molar refractivity (Wildman–Crippen MR) is 87.0 cm³/mol. The van der Waals surface area contributed by atoms with E-state index in [1.165, 1.54) is 36.1 Å². The summed E-state index contributed by atoms with van der Waals surface area (Å²) in [7, 11) is 0. The molecule has 1 aromatic heterocycles. The van der Waals surface area contributed by atoms with E-state index in [2.05, 4.69) is 45.1 Å². The minimum atomic E-state index is -0.204. The molecule has 1 aliphatic carbocycles. The topological polar surface area (TPSA) is 17.0 Å². The molecule has 3 rings (SSSR count). The standard InChI is InChI=1S/C17H20BrFN2/c1-2-20-17-5-3-4-12-9-21(11-15(12)17)10-13-6-7-14(19)8-16(13)18/h6-9,11,17,20H,2-5,10H2,1H3. The molecule has 21 heavy (non-hydrogen) atoms. The number of aromatic nitrogens is 1. The van der Waals surface area contributed by atoms with Gasteiger partial charge in [0.1, 0.15) is 5.82 Å². The Bertz CT molecular complexity index is 636. The van der Waals surface area contributed by atoms with Crippen LogP contribution in [0.25, 0.3) is 0 Å². The summed E-state index contributed by atoms with van der Waals surface area (Å²) in [6.45, 7) is 3.92. The zero-order valence-corrected chi connectivity index (χ0v) is 13.8. The molecule has 0 saturated heterocycles. The Labute approximate surface area is 133 Å². The molecule has 0 amide bonds. The van der Waals surface area contributed by atoms with Gasteiger partial charge in [-0.1, -0.05) is 28.9 Å². The van der Waals surface area contributed by atoms with Crippen molar-refractivity contribution in [3.63, 3.8) is 0 Å². The Morgan fingerprint density at radius 3 is 3.00 bits per heavy atom. The van der Waals surface area contributed by atoms with Gasteiger partial charge in [-0.3, -0.25) is 0 Å². The van der Waals surface area contributed by atoms with Crippen LogP contribution < -0.4 is 5.32 Å². The van der Waals surface area contributed by atoms with E-state index >= 15 is 0 Å². The number of nitrogens with one attached hydrogen (secondary N) is 1. The summed E-state index contributed by atoms with van der Waals surface area (Å²) in [5.74, 6) is -0.204. The molecule has 1 N–H and O–H groups in total. The van der Waals surface area contributed by atoms with Crippen LogP contribution in [-0.4, -0.2) is 11.1 Å². The summed E-state index contributed by atoms with van der Waals surface area (Å²) in [6.07, 6.45) is 8.11. The van der Waals surface area contributed by atoms with Crippen molar-refractivity contribution in [2.75, 3.05) is 6.54 Å². The number of halogens is 2. The van der Waals surface area contributed by atoms with Crippen molar-refractivity contribution < 1.29 is 4.39 Å². The number of hydrogen-bond donors (Lipinski definition) is 1. The van der Waals surface area contributed by atoms with E-state index in [9.17, 15) is 4.39 Å². The predicted octanol–water partition coefficient (Wildman–Crippen LogP) is 4.42. The van der Waals surface area contributed by atoms with Gasteiger partial charge in [0, 0.05) is 29.5 Å². The average molecular weight is 351 g/mol. The molecule has 1 aromatic carbocycles. The number of hydrogen-bond acceptors (Lipinski definition) is 1. The number of aryl methyl sites for hydroxylation is 1. The zero-order valence-electron chi connectivity index (χ0n) is 12.2. The van der Waals surface area contributed by atoms with Crippen LogP contribution in [0, 0.1) is 5.82 Å². The van der Waals surface area contributed by atoms with Crippen molar-refractivity contribution in [3.05, 3.63) is 57.6 Å². The van der Waals surface area contributed by atoms with E-state index < -0.39 is 0 Å². The van der Waals surface area contributed by atoms with Gasteiger partial charge in [0.25, 0.3) is 0 Å². The Morgan fingerprint density at radius 1 is 1.38 bits per heavy atom. The van der Waals surface area contributed by atoms with Gasteiger partial charge >= 0.3 is 0 Å². The minimum Gasteiger partial charge on any atom is -0.349 e. The lowest BCUT2D eigenvalue weighted by Crippen LogP contribution is -2.23. The maximum Gasteiger partial charge on any atom is 0.124 e. The lowest BCUT2D eigenvalue weighted by atomic mass is 9.91. The fourth-order valence-electron chi connectivity index (χ4n) is 3.14. The van der Waals surface area contributed by atoms with Crippen molar-refractivity contribution in [1.82, 2.24) is 9.88 Å². The molecule has 0 spiro atoms. The number of benzene rings is 1. The van der Waals surface area contributed by atoms with Gasteiger partial charge in [-0.2, -0.15) is 0 Å². The molecule has 2 aromatic rings. The molecule has 112 valence electrons. The second-order valence-corrected chi connectivity index (χ2v) is 6.50. The smallest absolute Gasteiger partial charge is 0.124 e.